The highest BCUT2D eigenvalue weighted by molar-refractivity contribution is 6.30. The van der Waals surface area contributed by atoms with Gasteiger partial charge in [0.25, 0.3) is 0 Å². The van der Waals surface area contributed by atoms with Crippen LogP contribution in [0.25, 0.3) is 0 Å². The van der Waals surface area contributed by atoms with Gasteiger partial charge >= 0.3 is 6.09 Å². The summed E-state index contributed by atoms with van der Waals surface area (Å²) in [4.78, 5) is 13.9. The maximum Gasteiger partial charge on any atom is 0.410 e. The molecule has 0 saturated carbocycles. The summed E-state index contributed by atoms with van der Waals surface area (Å²) in [6.07, 6.45) is 4.20. The fourth-order valence-electron chi connectivity index (χ4n) is 2.75. The monoisotopic (exact) mass is 323 g/mol. The maximum absolute atomic E-state index is 12.0. The van der Waals surface area contributed by atoms with Crippen molar-refractivity contribution in [2.24, 2.45) is 5.92 Å². The van der Waals surface area contributed by atoms with E-state index in [2.05, 4.69) is 12.1 Å². The first-order valence-corrected chi connectivity index (χ1v) is 8.44. The summed E-state index contributed by atoms with van der Waals surface area (Å²) in [6.45, 7) is 7.33. The Morgan fingerprint density at radius 1 is 1.23 bits per heavy atom. The van der Waals surface area contributed by atoms with Gasteiger partial charge in [-0.3, -0.25) is 0 Å². The van der Waals surface area contributed by atoms with Gasteiger partial charge < -0.3 is 9.64 Å². The van der Waals surface area contributed by atoms with Gasteiger partial charge in [0.15, 0.2) is 0 Å². The number of hydrogen-bond acceptors (Lipinski definition) is 2. The molecule has 1 aliphatic heterocycles. The van der Waals surface area contributed by atoms with E-state index in [1.807, 2.05) is 37.8 Å². The Morgan fingerprint density at radius 2 is 1.82 bits per heavy atom. The molecule has 0 aromatic heterocycles. The molecule has 1 aromatic carbocycles. The zero-order valence-electron chi connectivity index (χ0n) is 13.8. The summed E-state index contributed by atoms with van der Waals surface area (Å²) >= 11 is 5.90. The zero-order valence-corrected chi connectivity index (χ0v) is 14.5. The van der Waals surface area contributed by atoms with Crippen molar-refractivity contribution < 1.29 is 9.53 Å². The number of ether oxygens (including phenoxy) is 1. The Kier molecular flexibility index (Phi) is 5.74. The number of halogens is 1. The number of piperidine rings is 1. The first-order valence-electron chi connectivity index (χ1n) is 8.06. The minimum absolute atomic E-state index is 0.177. The smallest absolute Gasteiger partial charge is 0.410 e. The van der Waals surface area contributed by atoms with E-state index in [-0.39, 0.29) is 6.09 Å². The van der Waals surface area contributed by atoms with E-state index in [1.54, 1.807) is 0 Å². The van der Waals surface area contributed by atoms with Crippen LogP contribution in [0.5, 0.6) is 0 Å². The quantitative estimate of drug-likeness (QED) is 0.790. The lowest BCUT2D eigenvalue weighted by Gasteiger charge is -2.33. The lowest BCUT2D eigenvalue weighted by atomic mass is 9.91. The molecule has 3 nitrogen and oxygen atoms in total. The van der Waals surface area contributed by atoms with Gasteiger partial charge in [-0.25, -0.2) is 4.79 Å². The Morgan fingerprint density at radius 3 is 2.36 bits per heavy atom. The van der Waals surface area contributed by atoms with Crippen LogP contribution in [0.1, 0.15) is 45.6 Å². The summed E-state index contributed by atoms with van der Waals surface area (Å²) in [5.41, 5.74) is 0.918. The van der Waals surface area contributed by atoms with Crippen LogP contribution in [0.2, 0.25) is 5.02 Å². The van der Waals surface area contributed by atoms with Crippen LogP contribution >= 0.6 is 11.6 Å². The molecule has 2 rings (SSSR count). The van der Waals surface area contributed by atoms with Crippen LogP contribution in [0.3, 0.4) is 0 Å². The Hall–Kier alpha value is -1.22. The van der Waals surface area contributed by atoms with E-state index in [4.69, 9.17) is 16.3 Å². The highest BCUT2D eigenvalue weighted by atomic mass is 35.5. The highest BCUT2D eigenvalue weighted by Crippen LogP contribution is 2.24. The molecule has 4 heteroatoms. The molecule has 0 radical (unpaired) electrons. The highest BCUT2D eigenvalue weighted by Gasteiger charge is 2.26. The van der Waals surface area contributed by atoms with Crippen molar-refractivity contribution in [3.8, 4) is 0 Å². The number of aryl methyl sites for hydroxylation is 1. The molecule has 1 saturated heterocycles. The van der Waals surface area contributed by atoms with E-state index in [0.29, 0.717) is 5.92 Å². The normalized spacial score (nSPS) is 16.6. The van der Waals surface area contributed by atoms with Crippen molar-refractivity contribution in [3.63, 3.8) is 0 Å². The van der Waals surface area contributed by atoms with Gasteiger partial charge in [-0.1, -0.05) is 23.7 Å². The summed E-state index contributed by atoms with van der Waals surface area (Å²) in [5, 5.41) is 0.786. The number of rotatable bonds is 3. The van der Waals surface area contributed by atoms with Crippen molar-refractivity contribution >= 4 is 17.7 Å². The van der Waals surface area contributed by atoms with Gasteiger partial charge in [-0.2, -0.15) is 0 Å². The van der Waals surface area contributed by atoms with Crippen molar-refractivity contribution in [2.45, 2.75) is 52.1 Å². The third-order valence-corrected chi connectivity index (χ3v) is 4.27. The molecule has 122 valence electrons. The molecule has 22 heavy (non-hydrogen) atoms. The van der Waals surface area contributed by atoms with Gasteiger partial charge in [-0.15, -0.1) is 0 Å². The average molecular weight is 324 g/mol. The molecule has 1 aromatic rings. The van der Waals surface area contributed by atoms with Gasteiger partial charge in [0.05, 0.1) is 0 Å². The second-order valence-corrected chi connectivity index (χ2v) is 7.51. The van der Waals surface area contributed by atoms with Crippen LogP contribution in [0.4, 0.5) is 4.79 Å². The fourth-order valence-corrected chi connectivity index (χ4v) is 2.88. The SMILES string of the molecule is CC(C)(C)OC(=O)N1CCC(CCc2ccc(Cl)cc2)CC1. The molecule has 0 N–H and O–H groups in total. The van der Waals surface area contributed by atoms with Gasteiger partial charge in [0.1, 0.15) is 5.60 Å². The fraction of sp³-hybridized carbons (Fsp3) is 0.611. The van der Waals surface area contributed by atoms with Crippen molar-refractivity contribution in [1.82, 2.24) is 4.90 Å². The standard InChI is InChI=1S/C18H26ClNO2/c1-18(2,3)22-17(21)20-12-10-15(11-13-20)5-4-14-6-8-16(19)9-7-14/h6-9,15H,4-5,10-13H2,1-3H3. The molecule has 1 amide bonds. The van der Waals surface area contributed by atoms with Crippen molar-refractivity contribution in [1.29, 1.82) is 0 Å². The second-order valence-electron chi connectivity index (χ2n) is 7.08. The van der Waals surface area contributed by atoms with Crippen molar-refractivity contribution in [3.05, 3.63) is 34.9 Å². The minimum Gasteiger partial charge on any atom is -0.444 e. The number of carbonyl (C=O) groups excluding carboxylic acids is 1. The second kappa shape index (κ2) is 7.36. The first kappa shape index (κ1) is 17.1. The van der Waals surface area contributed by atoms with Crippen LogP contribution in [-0.2, 0) is 11.2 Å². The molecule has 1 aliphatic rings. The lowest BCUT2D eigenvalue weighted by molar-refractivity contribution is 0.0181. The van der Waals surface area contributed by atoms with Gasteiger partial charge in [0, 0.05) is 18.1 Å². The molecule has 0 bridgehead atoms. The Labute approximate surface area is 138 Å². The zero-order chi connectivity index (χ0) is 16.2. The van der Waals surface area contributed by atoms with E-state index in [0.717, 1.165) is 37.4 Å². The summed E-state index contributed by atoms with van der Waals surface area (Å²) in [6, 6.07) is 8.08. The third-order valence-electron chi connectivity index (χ3n) is 4.02. The topological polar surface area (TPSA) is 29.5 Å². The van der Waals surface area contributed by atoms with Gasteiger partial charge in [0.2, 0.25) is 0 Å². The summed E-state index contributed by atoms with van der Waals surface area (Å²) in [7, 11) is 0. The first-order chi connectivity index (χ1) is 10.3. The van der Waals surface area contributed by atoms with Crippen LogP contribution in [0, 0.1) is 5.92 Å². The summed E-state index contributed by atoms with van der Waals surface area (Å²) in [5.74, 6) is 0.689. The van der Waals surface area contributed by atoms with Crippen LogP contribution < -0.4 is 0 Å². The molecule has 0 aliphatic carbocycles. The minimum atomic E-state index is -0.414. The number of likely N-dealkylation sites (tertiary alicyclic amines) is 1. The molecule has 0 spiro atoms. The van der Waals surface area contributed by atoms with Crippen LogP contribution in [-0.4, -0.2) is 29.7 Å². The number of nitrogens with zero attached hydrogens (tertiary/aromatic N) is 1. The number of carbonyl (C=O) groups is 1. The number of benzene rings is 1. The van der Waals surface area contributed by atoms with Gasteiger partial charge in [-0.05, 0) is 70.1 Å². The van der Waals surface area contributed by atoms with E-state index < -0.39 is 5.60 Å². The third kappa shape index (κ3) is 5.53. The van der Waals surface area contributed by atoms with E-state index in [9.17, 15) is 4.79 Å². The molecule has 0 atom stereocenters. The number of hydrogen-bond donors (Lipinski definition) is 0. The van der Waals surface area contributed by atoms with E-state index in [1.165, 1.54) is 12.0 Å². The lowest BCUT2D eigenvalue weighted by Crippen LogP contribution is -2.41. The largest absolute Gasteiger partial charge is 0.444 e. The predicted molar refractivity (Wildman–Crippen MR) is 90.3 cm³/mol. The van der Waals surface area contributed by atoms with E-state index >= 15 is 0 Å². The molecular formula is C18H26ClNO2. The Balaban J connectivity index is 1.73. The maximum atomic E-state index is 12.0. The average Bonchev–Trinajstić information content (AvgIpc) is 2.45. The van der Waals surface area contributed by atoms with Crippen molar-refractivity contribution in [2.75, 3.05) is 13.1 Å². The molecule has 0 unspecified atom stereocenters. The summed E-state index contributed by atoms with van der Waals surface area (Å²) < 4.78 is 5.43. The molecular weight excluding hydrogens is 298 g/mol. The molecule has 1 heterocycles. The Bertz CT molecular complexity index is 485. The van der Waals surface area contributed by atoms with Crippen LogP contribution in [0.15, 0.2) is 24.3 Å². The predicted octanol–water partition coefficient (Wildman–Crippen LogP) is 4.92. The molecule has 1 fully saturated rings. The number of amides is 1.